The Bertz CT molecular complexity index is 1110. The first-order chi connectivity index (χ1) is 14.5. The van der Waals surface area contributed by atoms with Gasteiger partial charge in [-0.1, -0.05) is 12.1 Å². The number of ether oxygens (including phenoxy) is 1. The zero-order valence-corrected chi connectivity index (χ0v) is 18.3. The number of aromatic nitrogens is 1. The first-order valence-electron chi connectivity index (χ1n) is 9.95. The lowest BCUT2D eigenvalue weighted by molar-refractivity contribution is 0.0720. The average Bonchev–Trinajstić information content (AvgIpc) is 3.22. The molecule has 1 aromatic carbocycles. The van der Waals surface area contributed by atoms with Gasteiger partial charge in [-0.2, -0.15) is 0 Å². The summed E-state index contributed by atoms with van der Waals surface area (Å²) in [4.78, 5) is 17.5. The molecule has 2 atom stereocenters. The number of thiophene rings is 1. The zero-order valence-electron chi connectivity index (χ0n) is 16.7. The minimum atomic E-state index is -3.38. The fraction of sp³-hybridized carbons (Fsp3) is 0.364. The van der Waals surface area contributed by atoms with Crippen LogP contribution in [-0.4, -0.2) is 37.8 Å². The van der Waals surface area contributed by atoms with Gasteiger partial charge in [0, 0.05) is 26.0 Å². The molecule has 1 aliphatic rings. The minimum Gasteiger partial charge on any atom is -0.381 e. The van der Waals surface area contributed by atoms with E-state index in [1.54, 1.807) is 43.8 Å². The van der Waals surface area contributed by atoms with Crippen molar-refractivity contribution in [2.24, 2.45) is 0 Å². The summed E-state index contributed by atoms with van der Waals surface area (Å²) in [7, 11) is -1.75. The Morgan fingerprint density at radius 2 is 2.03 bits per heavy atom. The van der Waals surface area contributed by atoms with Crippen molar-refractivity contribution in [2.75, 3.05) is 7.11 Å². The molecule has 4 rings (SSSR count). The number of pyridine rings is 1. The molecule has 158 valence electrons. The summed E-state index contributed by atoms with van der Waals surface area (Å²) in [6.07, 6.45) is 6.45. The largest absolute Gasteiger partial charge is 0.381 e. The van der Waals surface area contributed by atoms with E-state index in [-0.39, 0.29) is 12.0 Å². The lowest BCUT2D eigenvalue weighted by Crippen LogP contribution is -2.31. The van der Waals surface area contributed by atoms with Crippen molar-refractivity contribution >= 4 is 37.2 Å². The SMILES string of the molecule is COC1CCCC(S(=O)(=O)c2ccc(CNC(=O)c3cc4ccncc4s3)cc2)C1. The molecule has 2 unspecified atom stereocenters. The molecule has 0 radical (unpaired) electrons. The number of rotatable bonds is 6. The average molecular weight is 445 g/mol. The van der Waals surface area contributed by atoms with E-state index in [4.69, 9.17) is 4.74 Å². The van der Waals surface area contributed by atoms with Gasteiger partial charge in [0.25, 0.3) is 5.91 Å². The van der Waals surface area contributed by atoms with Crippen LogP contribution in [0.2, 0.25) is 0 Å². The van der Waals surface area contributed by atoms with Crippen LogP contribution in [0.5, 0.6) is 0 Å². The predicted octanol–water partition coefficient (Wildman–Crippen LogP) is 3.96. The second-order valence-corrected chi connectivity index (χ2v) is 10.9. The van der Waals surface area contributed by atoms with Gasteiger partial charge in [0.2, 0.25) is 0 Å². The zero-order chi connectivity index (χ0) is 21.1. The third-order valence-corrected chi connectivity index (χ3v) is 8.92. The van der Waals surface area contributed by atoms with Gasteiger partial charge in [0.1, 0.15) is 0 Å². The van der Waals surface area contributed by atoms with E-state index in [0.717, 1.165) is 28.5 Å². The standard InChI is InChI=1S/C22H24N2O4S2/c1-28-17-3-2-4-19(12-17)30(26,27)18-7-5-15(6-8-18)13-24-22(25)20-11-16-9-10-23-14-21(16)29-20/h5-11,14,17,19H,2-4,12-13H2,1H3,(H,24,25). The maximum absolute atomic E-state index is 13.0. The first-order valence-corrected chi connectivity index (χ1v) is 12.3. The van der Waals surface area contributed by atoms with E-state index < -0.39 is 15.1 Å². The van der Waals surface area contributed by atoms with Crippen LogP contribution in [0.1, 0.15) is 40.9 Å². The molecule has 1 saturated carbocycles. The minimum absolute atomic E-state index is 0.0118. The number of nitrogens with zero attached hydrogens (tertiary/aromatic N) is 1. The lowest BCUT2D eigenvalue weighted by Gasteiger charge is -2.28. The highest BCUT2D eigenvalue weighted by Gasteiger charge is 2.32. The molecule has 3 aromatic rings. The van der Waals surface area contributed by atoms with Crippen molar-refractivity contribution in [3.8, 4) is 0 Å². The van der Waals surface area contributed by atoms with Crippen molar-refractivity contribution < 1.29 is 17.9 Å². The van der Waals surface area contributed by atoms with E-state index in [0.29, 0.717) is 29.2 Å². The normalized spacial score (nSPS) is 19.6. The topological polar surface area (TPSA) is 85.4 Å². The number of carbonyl (C=O) groups is 1. The van der Waals surface area contributed by atoms with Crippen LogP contribution in [-0.2, 0) is 21.1 Å². The van der Waals surface area contributed by atoms with Crippen molar-refractivity contribution in [3.63, 3.8) is 0 Å². The summed E-state index contributed by atoms with van der Waals surface area (Å²) >= 11 is 1.40. The number of benzene rings is 1. The number of amides is 1. The van der Waals surface area contributed by atoms with Crippen molar-refractivity contribution in [3.05, 3.63) is 59.2 Å². The summed E-state index contributed by atoms with van der Waals surface area (Å²) in [5.41, 5.74) is 0.850. The predicted molar refractivity (Wildman–Crippen MR) is 117 cm³/mol. The molecule has 6 nitrogen and oxygen atoms in total. The van der Waals surface area contributed by atoms with Gasteiger partial charge >= 0.3 is 0 Å². The van der Waals surface area contributed by atoms with Crippen molar-refractivity contribution in [1.82, 2.24) is 10.3 Å². The van der Waals surface area contributed by atoms with Gasteiger partial charge in [-0.15, -0.1) is 11.3 Å². The summed E-state index contributed by atoms with van der Waals surface area (Å²) < 4.78 is 32.3. The van der Waals surface area contributed by atoms with Crippen LogP contribution in [0.3, 0.4) is 0 Å². The maximum Gasteiger partial charge on any atom is 0.261 e. The van der Waals surface area contributed by atoms with Crippen LogP contribution in [0.4, 0.5) is 0 Å². The van der Waals surface area contributed by atoms with E-state index in [9.17, 15) is 13.2 Å². The van der Waals surface area contributed by atoms with Gasteiger partial charge in [-0.3, -0.25) is 9.78 Å². The highest BCUT2D eigenvalue weighted by Crippen LogP contribution is 2.30. The second kappa shape index (κ2) is 8.83. The Morgan fingerprint density at radius 1 is 1.23 bits per heavy atom. The molecule has 8 heteroatoms. The summed E-state index contributed by atoms with van der Waals surface area (Å²) in [5.74, 6) is -0.152. The number of nitrogens with one attached hydrogen (secondary N) is 1. The van der Waals surface area contributed by atoms with Gasteiger partial charge < -0.3 is 10.1 Å². The van der Waals surface area contributed by atoms with Crippen LogP contribution < -0.4 is 5.32 Å². The fourth-order valence-electron chi connectivity index (χ4n) is 3.85. The van der Waals surface area contributed by atoms with Crippen LogP contribution >= 0.6 is 11.3 Å². The molecule has 30 heavy (non-hydrogen) atoms. The van der Waals surface area contributed by atoms with Gasteiger partial charge in [0.05, 0.1) is 25.8 Å². The van der Waals surface area contributed by atoms with E-state index in [1.165, 1.54) is 11.3 Å². The van der Waals surface area contributed by atoms with Crippen LogP contribution in [0.15, 0.2) is 53.7 Å². The third-order valence-electron chi connectivity index (χ3n) is 5.60. The molecule has 1 amide bonds. The monoisotopic (exact) mass is 444 g/mol. The fourth-order valence-corrected chi connectivity index (χ4v) is 6.64. The smallest absolute Gasteiger partial charge is 0.261 e. The molecule has 0 spiro atoms. The number of hydrogen-bond acceptors (Lipinski definition) is 6. The van der Waals surface area contributed by atoms with Crippen LogP contribution in [0, 0.1) is 0 Å². The number of sulfone groups is 1. The number of methoxy groups -OCH3 is 1. The first kappa shape index (κ1) is 21.0. The lowest BCUT2D eigenvalue weighted by atomic mass is 9.97. The highest BCUT2D eigenvalue weighted by atomic mass is 32.2. The van der Waals surface area contributed by atoms with Crippen molar-refractivity contribution in [1.29, 1.82) is 0 Å². The molecule has 0 saturated heterocycles. The van der Waals surface area contributed by atoms with E-state index >= 15 is 0 Å². The molecular formula is C22H24N2O4S2. The summed E-state index contributed by atoms with van der Waals surface area (Å²) in [6.45, 7) is 0.334. The van der Waals surface area contributed by atoms with Gasteiger partial charge in [-0.05, 0) is 60.9 Å². The number of carbonyl (C=O) groups excluding carboxylic acids is 1. The van der Waals surface area contributed by atoms with E-state index in [1.807, 2.05) is 12.1 Å². The van der Waals surface area contributed by atoms with Gasteiger partial charge in [-0.25, -0.2) is 8.42 Å². The summed E-state index contributed by atoms with van der Waals surface area (Å²) in [5, 5.41) is 3.49. The molecule has 2 heterocycles. The molecule has 0 bridgehead atoms. The molecule has 1 fully saturated rings. The summed E-state index contributed by atoms with van der Waals surface area (Å²) in [6, 6.07) is 10.5. The molecular weight excluding hydrogens is 420 g/mol. The van der Waals surface area contributed by atoms with Crippen LogP contribution in [0.25, 0.3) is 10.1 Å². The molecule has 0 aliphatic heterocycles. The Labute approximate surface area is 180 Å². The highest BCUT2D eigenvalue weighted by molar-refractivity contribution is 7.92. The maximum atomic E-state index is 13.0. The quantitative estimate of drug-likeness (QED) is 0.622. The Hall–Kier alpha value is -2.29. The molecule has 1 aliphatic carbocycles. The Morgan fingerprint density at radius 3 is 2.77 bits per heavy atom. The Balaban J connectivity index is 1.40. The van der Waals surface area contributed by atoms with E-state index in [2.05, 4.69) is 10.3 Å². The number of fused-ring (bicyclic) bond motifs is 1. The molecule has 1 N–H and O–H groups in total. The van der Waals surface area contributed by atoms with Gasteiger partial charge in [0.15, 0.2) is 9.84 Å². The number of hydrogen-bond donors (Lipinski definition) is 1. The third kappa shape index (κ3) is 4.40. The molecule has 2 aromatic heterocycles. The second-order valence-electron chi connectivity index (χ2n) is 7.54. The Kier molecular flexibility index (Phi) is 6.17. The van der Waals surface area contributed by atoms with Crippen molar-refractivity contribution in [2.45, 2.75) is 48.5 Å².